The van der Waals surface area contributed by atoms with Gasteiger partial charge in [-0.15, -0.1) is 0 Å². The monoisotopic (exact) mass is 393 g/mol. The minimum atomic E-state index is -0.0789. The Morgan fingerprint density at radius 2 is 1.72 bits per heavy atom. The van der Waals surface area contributed by atoms with Gasteiger partial charge in [-0.1, -0.05) is 30.3 Å². The van der Waals surface area contributed by atoms with E-state index in [0.29, 0.717) is 43.4 Å². The highest BCUT2D eigenvalue weighted by atomic mass is 16.5. The van der Waals surface area contributed by atoms with Crippen LogP contribution in [0.3, 0.4) is 0 Å². The Bertz CT molecular complexity index is 938. The summed E-state index contributed by atoms with van der Waals surface area (Å²) in [7, 11) is 1.79. The molecule has 6 heteroatoms. The highest BCUT2D eigenvalue weighted by molar-refractivity contribution is 5.94. The van der Waals surface area contributed by atoms with Crippen molar-refractivity contribution in [2.45, 2.75) is 26.9 Å². The van der Waals surface area contributed by atoms with Gasteiger partial charge in [-0.2, -0.15) is 5.10 Å². The predicted octanol–water partition coefficient (Wildman–Crippen LogP) is 4.00. The first-order chi connectivity index (χ1) is 14.1. The maximum absolute atomic E-state index is 12.9. The van der Waals surface area contributed by atoms with E-state index >= 15 is 0 Å². The highest BCUT2D eigenvalue weighted by Gasteiger charge is 2.16. The third-order valence-corrected chi connectivity index (χ3v) is 4.43. The average Bonchev–Trinajstić information content (AvgIpc) is 3.16. The van der Waals surface area contributed by atoms with Crippen LogP contribution in [-0.4, -0.2) is 40.8 Å². The van der Waals surface area contributed by atoms with Crippen molar-refractivity contribution in [1.82, 2.24) is 14.7 Å². The zero-order valence-electron chi connectivity index (χ0n) is 17.2. The lowest BCUT2D eigenvalue weighted by Gasteiger charge is -2.18. The standard InChI is InChI=1S/C23H27N3O3/c1-4-28-21-12-11-20(13-22(21)29-5-2)23(27)25(3)15-19-14-24-26(17-19)16-18-9-7-6-8-10-18/h6-14,17H,4-5,15-16H2,1-3H3. The maximum Gasteiger partial charge on any atom is 0.254 e. The summed E-state index contributed by atoms with van der Waals surface area (Å²) >= 11 is 0. The molecule has 1 heterocycles. The van der Waals surface area contributed by atoms with Crippen molar-refractivity contribution in [3.8, 4) is 11.5 Å². The third-order valence-electron chi connectivity index (χ3n) is 4.43. The lowest BCUT2D eigenvalue weighted by molar-refractivity contribution is 0.0784. The fourth-order valence-electron chi connectivity index (χ4n) is 3.10. The lowest BCUT2D eigenvalue weighted by atomic mass is 10.1. The number of hydrogen-bond donors (Lipinski definition) is 0. The number of carbonyl (C=O) groups is 1. The van der Waals surface area contributed by atoms with E-state index < -0.39 is 0 Å². The molecule has 0 N–H and O–H groups in total. The molecule has 1 amide bonds. The fraction of sp³-hybridized carbons (Fsp3) is 0.304. The Morgan fingerprint density at radius 3 is 2.45 bits per heavy atom. The Hall–Kier alpha value is -3.28. The van der Waals surface area contributed by atoms with E-state index in [2.05, 4.69) is 17.2 Å². The molecule has 0 radical (unpaired) electrons. The summed E-state index contributed by atoms with van der Waals surface area (Å²) in [5, 5.41) is 4.41. The van der Waals surface area contributed by atoms with Gasteiger partial charge in [0, 0.05) is 30.9 Å². The maximum atomic E-state index is 12.9. The lowest BCUT2D eigenvalue weighted by Crippen LogP contribution is -2.26. The van der Waals surface area contributed by atoms with Gasteiger partial charge < -0.3 is 14.4 Å². The zero-order chi connectivity index (χ0) is 20.6. The molecule has 0 aliphatic rings. The van der Waals surface area contributed by atoms with Crippen LogP contribution < -0.4 is 9.47 Å². The Labute approximate surface area is 171 Å². The SMILES string of the molecule is CCOc1ccc(C(=O)N(C)Cc2cnn(Cc3ccccc3)c2)cc1OCC. The van der Waals surface area contributed by atoms with Crippen LogP contribution in [0.2, 0.25) is 0 Å². The summed E-state index contributed by atoms with van der Waals surface area (Å²) in [4.78, 5) is 14.6. The molecule has 0 bridgehead atoms. The zero-order valence-corrected chi connectivity index (χ0v) is 17.2. The molecule has 0 atom stereocenters. The van der Waals surface area contributed by atoms with Gasteiger partial charge in [-0.25, -0.2) is 0 Å². The van der Waals surface area contributed by atoms with E-state index in [-0.39, 0.29) is 5.91 Å². The number of carbonyl (C=O) groups excluding carboxylic acids is 1. The quantitative estimate of drug-likeness (QED) is 0.551. The van der Waals surface area contributed by atoms with Gasteiger partial charge in [0.2, 0.25) is 0 Å². The molecular formula is C23H27N3O3. The van der Waals surface area contributed by atoms with Gasteiger partial charge in [-0.3, -0.25) is 9.48 Å². The van der Waals surface area contributed by atoms with Crippen molar-refractivity contribution in [3.05, 3.63) is 77.6 Å². The first-order valence-corrected chi connectivity index (χ1v) is 9.81. The molecule has 0 saturated carbocycles. The van der Waals surface area contributed by atoms with Crippen LogP contribution in [0.1, 0.15) is 35.3 Å². The van der Waals surface area contributed by atoms with Crippen molar-refractivity contribution < 1.29 is 14.3 Å². The molecule has 0 aliphatic carbocycles. The number of nitrogens with zero attached hydrogens (tertiary/aromatic N) is 3. The number of rotatable bonds is 9. The number of benzene rings is 2. The summed E-state index contributed by atoms with van der Waals surface area (Å²) in [6.07, 6.45) is 3.77. The van der Waals surface area contributed by atoms with Gasteiger partial charge in [0.05, 0.1) is 26.0 Å². The summed E-state index contributed by atoms with van der Waals surface area (Å²) in [5.74, 6) is 1.16. The van der Waals surface area contributed by atoms with Crippen molar-refractivity contribution in [3.63, 3.8) is 0 Å². The van der Waals surface area contributed by atoms with Crippen LogP contribution in [0.5, 0.6) is 11.5 Å². The van der Waals surface area contributed by atoms with E-state index in [1.165, 1.54) is 5.56 Å². The average molecular weight is 393 g/mol. The number of aromatic nitrogens is 2. The van der Waals surface area contributed by atoms with Crippen LogP contribution in [0.25, 0.3) is 0 Å². The second-order valence-electron chi connectivity index (χ2n) is 6.72. The van der Waals surface area contributed by atoms with Crippen molar-refractivity contribution in [1.29, 1.82) is 0 Å². The summed E-state index contributed by atoms with van der Waals surface area (Å²) in [6.45, 7) is 6.05. The molecule has 3 aromatic rings. The minimum absolute atomic E-state index is 0.0789. The van der Waals surface area contributed by atoms with Crippen LogP contribution >= 0.6 is 0 Å². The molecule has 0 spiro atoms. The molecule has 152 valence electrons. The minimum Gasteiger partial charge on any atom is -0.490 e. The summed E-state index contributed by atoms with van der Waals surface area (Å²) < 4.78 is 13.1. The first-order valence-electron chi connectivity index (χ1n) is 9.81. The molecule has 1 aromatic heterocycles. The fourth-order valence-corrected chi connectivity index (χ4v) is 3.10. The normalized spacial score (nSPS) is 10.6. The second-order valence-corrected chi connectivity index (χ2v) is 6.72. The van der Waals surface area contributed by atoms with Gasteiger partial charge >= 0.3 is 0 Å². The number of ether oxygens (including phenoxy) is 2. The van der Waals surface area contributed by atoms with Crippen LogP contribution in [0.4, 0.5) is 0 Å². The molecule has 2 aromatic carbocycles. The highest BCUT2D eigenvalue weighted by Crippen LogP contribution is 2.29. The number of amides is 1. The van der Waals surface area contributed by atoms with E-state index in [1.807, 2.05) is 42.9 Å². The van der Waals surface area contributed by atoms with Gasteiger partial charge in [0.15, 0.2) is 11.5 Å². The first kappa shape index (κ1) is 20.5. The van der Waals surface area contributed by atoms with Gasteiger partial charge in [-0.05, 0) is 37.6 Å². The van der Waals surface area contributed by atoms with Crippen LogP contribution in [0, 0.1) is 0 Å². The predicted molar refractivity (Wildman–Crippen MR) is 112 cm³/mol. The van der Waals surface area contributed by atoms with E-state index in [1.54, 1.807) is 36.3 Å². The molecule has 0 unspecified atom stereocenters. The summed E-state index contributed by atoms with van der Waals surface area (Å²) in [6, 6.07) is 15.5. The Kier molecular flexibility index (Phi) is 6.89. The van der Waals surface area contributed by atoms with Crippen molar-refractivity contribution >= 4 is 5.91 Å². The van der Waals surface area contributed by atoms with Crippen molar-refractivity contribution in [2.24, 2.45) is 0 Å². The number of hydrogen-bond acceptors (Lipinski definition) is 4. The molecule has 6 nitrogen and oxygen atoms in total. The molecule has 0 saturated heterocycles. The van der Waals surface area contributed by atoms with E-state index in [4.69, 9.17) is 9.47 Å². The van der Waals surface area contributed by atoms with Gasteiger partial charge in [0.25, 0.3) is 5.91 Å². The largest absolute Gasteiger partial charge is 0.490 e. The van der Waals surface area contributed by atoms with Crippen LogP contribution in [-0.2, 0) is 13.1 Å². The molecule has 29 heavy (non-hydrogen) atoms. The van der Waals surface area contributed by atoms with Gasteiger partial charge in [0.1, 0.15) is 0 Å². The summed E-state index contributed by atoms with van der Waals surface area (Å²) in [5.41, 5.74) is 2.73. The second kappa shape index (κ2) is 9.78. The smallest absolute Gasteiger partial charge is 0.254 e. The third kappa shape index (κ3) is 5.38. The van der Waals surface area contributed by atoms with E-state index in [0.717, 1.165) is 5.56 Å². The topological polar surface area (TPSA) is 56.6 Å². The molecular weight excluding hydrogens is 366 g/mol. The Balaban J connectivity index is 1.67. The van der Waals surface area contributed by atoms with Crippen molar-refractivity contribution in [2.75, 3.05) is 20.3 Å². The van der Waals surface area contributed by atoms with Crippen LogP contribution in [0.15, 0.2) is 60.9 Å². The molecule has 0 fully saturated rings. The molecule has 0 aliphatic heterocycles. The Morgan fingerprint density at radius 1 is 1.00 bits per heavy atom. The molecule has 3 rings (SSSR count). The van der Waals surface area contributed by atoms with E-state index in [9.17, 15) is 4.79 Å².